The molecule has 8 heteroatoms. The topological polar surface area (TPSA) is 107 Å². The monoisotopic (exact) mass is 417 g/mol. The van der Waals surface area contributed by atoms with Gasteiger partial charge in [-0.25, -0.2) is 18.4 Å². The van der Waals surface area contributed by atoms with Crippen LogP contribution in [0.4, 0.5) is 0 Å². The Kier molecular flexibility index (Phi) is 5.55. The van der Waals surface area contributed by atoms with Crippen molar-refractivity contribution in [3.63, 3.8) is 0 Å². The summed E-state index contributed by atoms with van der Waals surface area (Å²) in [5.74, 6) is -0.324. The highest BCUT2D eigenvalue weighted by Gasteiger charge is 2.22. The number of primary sulfonamides is 1. The Labute approximate surface area is 167 Å². The molecule has 0 aliphatic rings. The van der Waals surface area contributed by atoms with Gasteiger partial charge in [-0.1, -0.05) is 24.3 Å². The van der Waals surface area contributed by atoms with E-state index in [2.05, 4.69) is 0 Å². The van der Waals surface area contributed by atoms with Crippen LogP contribution in [0, 0.1) is 6.92 Å². The van der Waals surface area contributed by atoms with Crippen molar-refractivity contribution >= 4 is 27.3 Å². The van der Waals surface area contributed by atoms with Crippen LogP contribution < -0.4 is 9.88 Å². The molecule has 3 N–H and O–H groups in total. The minimum absolute atomic E-state index is 0.0225. The summed E-state index contributed by atoms with van der Waals surface area (Å²) >= 11 is 1.18. The maximum Gasteiger partial charge on any atom is 0.346 e. The molecule has 6 nitrogen and oxygen atoms in total. The van der Waals surface area contributed by atoms with Crippen LogP contribution in [0.5, 0.6) is 5.75 Å². The summed E-state index contributed by atoms with van der Waals surface area (Å²) in [4.78, 5) is 12.9. The molecule has 0 saturated heterocycles. The van der Waals surface area contributed by atoms with Crippen LogP contribution in [0.25, 0.3) is 21.6 Å². The fourth-order valence-electron chi connectivity index (χ4n) is 2.99. The highest BCUT2D eigenvalue weighted by molar-refractivity contribution is 7.89. The first-order valence-corrected chi connectivity index (χ1v) is 10.8. The third-order valence-corrected chi connectivity index (χ3v) is 6.48. The van der Waals surface area contributed by atoms with Gasteiger partial charge in [-0.2, -0.15) is 0 Å². The van der Waals surface area contributed by atoms with Crippen molar-refractivity contribution in [2.24, 2.45) is 5.14 Å². The number of hydrogen-bond donors (Lipinski definition) is 2. The number of benzene rings is 2. The number of ether oxygens (including phenoxy) is 1. The molecule has 0 amide bonds. The zero-order chi connectivity index (χ0) is 20.5. The molecule has 0 saturated carbocycles. The second kappa shape index (κ2) is 7.75. The first-order valence-electron chi connectivity index (χ1n) is 8.45. The Morgan fingerprint density at radius 1 is 1.14 bits per heavy atom. The summed E-state index contributed by atoms with van der Waals surface area (Å²) in [5.41, 5.74) is 2.85. The maximum atomic E-state index is 11.9. The van der Waals surface area contributed by atoms with Crippen molar-refractivity contribution in [1.82, 2.24) is 0 Å². The summed E-state index contributed by atoms with van der Waals surface area (Å²) in [6.45, 7) is 4.29. The van der Waals surface area contributed by atoms with E-state index < -0.39 is 16.0 Å². The fraction of sp³-hybridized carbons (Fsp3) is 0.150. The van der Waals surface area contributed by atoms with Gasteiger partial charge in [0.25, 0.3) is 0 Å². The molecule has 0 aliphatic heterocycles. The average molecular weight is 418 g/mol. The van der Waals surface area contributed by atoms with Crippen LogP contribution in [0.2, 0.25) is 0 Å². The van der Waals surface area contributed by atoms with Gasteiger partial charge in [0.1, 0.15) is 10.6 Å². The Bertz CT molecular complexity index is 1130. The van der Waals surface area contributed by atoms with E-state index in [4.69, 9.17) is 9.88 Å². The van der Waals surface area contributed by atoms with Gasteiger partial charge < -0.3 is 9.84 Å². The Hall–Kier alpha value is -2.68. The average Bonchev–Trinajstić information content (AvgIpc) is 2.99. The van der Waals surface area contributed by atoms with Crippen LogP contribution >= 0.6 is 11.3 Å². The lowest BCUT2D eigenvalue weighted by Crippen LogP contribution is -2.11. The fourth-order valence-corrected chi connectivity index (χ4v) is 4.67. The van der Waals surface area contributed by atoms with E-state index in [1.165, 1.54) is 23.5 Å². The number of aromatic carboxylic acids is 1. The first kappa shape index (κ1) is 20.1. The molecule has 146 valence electrons. The van der Waals surface area contributed by atoms with Gasteiger partial charge in [0.2, 0.25) is 10.0 Å². The van der Waals surface area contributed by atoms with Crippen molar-refractivity contribution < 1.29 is 23.1 Å². The number of carboxylic acids is 1. The lowest BCUT2D eigenvalue weighted by Gasteiger charge is -2.07. The third-order valence-electron chi connectivity index (χ3n) is 4.22. The summed E-state index contributed by atoms with van der Waals surface area (Å²) in [7, 11) is -3.81. The zero-order valence-electron chi connectivity index (χ0n) is 15.3. The number of hydrogen-bond acceptors (Lipinski definition) is 5. The van der Waals surface area contributed by atoms with Crippen molar-refractivity contribution in [3.8, 4) is 27.3 Å². The number of thiophene rings is 1. The second-order valence-corrected chi connectivity index (χ2v) is 8.68. The maximum absolute atomic E-state index is 11.9. The predicted molar refractivity (Wildman–Crippen MR) is 109 cm³/mol. The van der Waals surface area contributed by atoms with E-state index in [-0.39, 0.29) is 9.77 Å². The molecule has 0 bridgehead atoms. The van der Waals surface area contributed by atoms with E-state index >= 15 is 0 Å². The predicted octanol–water partition coefficient (Wildman–Crippen LogP) is 4.13. The van der Waals surface area contributed by atoms with Crippen molar-refractivity contribution in [2.75, 3.05) is 6.61 Å². The van der Waals surface area contributed by atoms with Gasteiger partial charge in [0.05, 0.1) is 11.5 Å². The van der Waals surface area contributed by atoms with E-state index in [0.29, 0.717) is 23.5 Å². The lowest BCUT2D eigenvalue weighted by atomic mass is 9.99. The molecule has 1 aromatic heterocycles. The van der Waals surface area contributed by atoms with Crippen LogP contribution in [-0.4, -0.2) is 26.1 Å². The summed E-state index contributed by atoms with van der Waals surface area (Å²) < 4.78 is 28.5. The molecule has 2 aromatic carbocycles. The molecule has 0 atom stereocenters. The molecule has 28 heavy (non-hydrogen) atoms. The third kappa shape index (κ3) is 3.94. The molecular weight excluding hydrogens is 398 g/mol. The number of nitrogens with two attached hydrogens (primary N) is 1. The largest absolute Gasteiger partial charge is 0.494 e. The molecular formula is C20H19NO5S2. The Morgan fingerprint density at radius 3 is 2.39 bits per heavy atom. The normalized spacial score (nSPS) is 11.4. The minimum Gasteiger partial charge on any atom is -0.494 e. The smallest absolute Gasteiger partial charge is 0.346 e. The van der Waals surface area contributed by atoms with E-state index in [1.54, 1.807) is 12.1 Å². The quantitative estimate of drug-likeness (QED) is 0.627. The Balaban J connectivity index is 2.15. The number of carbonyl (C=O) groups is 1. The summed E-state index contributed by atoms with van der Waals surface area (Å²) in [6, 6.07) is 13.4. The van der Waals surface area contributed by atoms with Crippen molar-refractivity contribution in [3.05, 3.63) is 59.0 Å². The molecule has 0 fully saturated rings. The Morgan fingerprint density at radius 2 is 1.82 bits per heavy atom. The standard InChI is InChI=1S/C20H19NO5S2/c1-3-26-15-6-4-5-14(11-15)18-12(2)17(19(27-18)20(22)23)13-7-9-16(10-8-13)28(21,24)25/h4-11H,3H2,1-2H3,(H,22,23)(H2,21,24,25). The van der Waals surface area contributed by atoms with Gasteiger partial charge in [-0.3, -0.25) is 0 Å². The summed E-state index contributed by atoms with van der Waals surface area (Å²) in [6.07, 6.45) is 0. The number of rotatable bonds is 6. The van der Waals surface area contributed by atoms with Gasteiger partial charge >= 0.3 is 5.97 Å². The van der Waals surface area contributed by atoms with Crippen molar-refractivity contribution in [1.29, 1.82) is 0 Å². The first-order chi connectivity index (χ1) is 13.2. The molecule has 0 spiro atoms. The molecule has 0 aliphatic carbocycles. The minimum atomic E-state index is -3.81. The second-order valence-electron chi connectivity index (χ2n) is 6.10. The van der Waals surface area contributed by atoms with Gasteiger partial charge in [-0.05, 0) is 54.8 Å². The highest BCUT2D eigenvalue weighted by Crippen LogP contribution is 2.42. The van der Waals surface area contributed by atoms with E-state index in [9.17, 15) is 18.3 Å². The molecule has 0 radical (unpaired) electrons. The van der Waals surface area contributed by atoms with Gasteiger partial charge in [0.15, 0.2) is 0 Å². The molecule has 3 rings (SSSR count). The lowest BCUT2D eigenvalue weighted by molar-refractivity contribution is 0.0703. The van der Waals surface area contributed by atoms with Gasteiger partial charge in [0, 0.05) is 10.4 Å². The van der Waals surface area contributed by atoms with E-state index in [1.807, 2.05) is 38.1 Å². The molecule has 3 aromatic rings. The summed E-state index contributed by atoms with van der Waals surface area (Å²) in [5, 5.41) is 14.8. The number of sulfonamides is 1. The number of carboxylic acid groups (broad SMARTS) is 1. The van der Waals surface area contributed by atoms with Gasteiger partial charge in [-0.15, -0.1) is 11.3 Å². The van der Waals surface area contributed by atoms with Crippen LogP contribution in [0.3, 0.4) is 0 Å². The van der Waals surface area contributed by atoms with E-state index in [0.717, 1.165) is 16.0 Å². The van der Waals surface area contributed by atoms with Crippen LogP contribution in [0.1, 0.15) is 22.2 Å². The molecule has 1 heterocycles. The zero-order valence-corrected chi connectivity index (χ0v) is 16.9. The van der Waals surface area contributed by atoms with Crippen molar-refractivity contribution in [2.45, 2.75) is 18.7 Å². The van der Waals surface area contributed by atoms with Crippen LogP contribution in [0.15, 0.2) is 53.4 Å². The van der Waals surface area contributed by atoms with Crippen LogP contribution in [-0.2, 0) is 10.0 Å². The highest BCUT2D eigenvalue weighted by atomic mass is 32.2. The molecule has 0 unspecified atom stereocenters. The SMILES string of the molecule is CCOc1cccc(-c2sc(C(=O)O)c(-c3ccc(S(N)(=O)=O)cc3)c2C)c1.